The normalized spacial score (nSPS) is 11.0. The molecule has 0 fully saturated rings. The van der Waals surface area contributed by atoms with Crippen molar-refractivity contribution < 1.29 is 0 Å². The number of hydrogen-bond acceptors (Lipinski definition) is 2. The van der Waals surface area contributed by atoms with E-state index >= 15 is 0 Å². The van der Waals surface area contributed by atoms with E-state index in [9.17, 15) is 0 Å². The van der Waals surface area contributed by atoms with Crippen molar-refractivity contribution in [2.45, 2.75) is 12.8 Å². The Kier molecular flexibility index (Phi) is 3.25. The van der Waals surface area contributed by atoms with Crippen LogP contribution in [-0.2, 0) is 12.8 Å². The van der Waals surface area contributed by atoms with Crippen LogP contribution >= 0.6 is 15.9 Å². The highest BCUT2D eigenvalue weighted by Gasteiger charge is 2.09. The van der Waals surface area contributed by atoms with Gasteiger partial charge in [0.2, 0.25) is 0 Å². The van der Waals surface area contributed by atoms with Crippen molar-refractivity contribution in [1.29, 1.82) is 0 Å². The Morgan fingerprint density at radius 2 is 1.84 bits per heavy atom. The largest absolute Gasteiger partial charge is 0.398 e. The van der Waals surface area contributed by atoms with Crippen molar-refractivity contribution in [3.8, 4) is 0 Å². The van der Waals surface area contributed by atoms with Gasteiger partial charge in [-0.15, -0.1) is 0 Å². The molecular formula is C15H14BrN3. The summed E-state index contributed by atoms with van der Waals surface area (Å²) in [6.45, 7) is 0. The maximum atomic E-state index is 5.85. The van der Waals surface area contributed by atoms with E-state index in [0.717, 1.165) is 34.5 Å². The molecule has 2 aromatic heterocycles. The van der Waals surface area contributed by atoms with Crippen molar-refractivity contribution in [1.82, 2.24) is 9.38 Å². The topological polar surface area (TPSA) is 43.3 Å². The molecule has 3 rings (SSSR count). The summed E-state index contributed by atoms with van der Waals surface area (Å²) < 4.78 is 2.93. The van der Waals surface area contributed by atoms with Gasteiger partial charge in [0.05, 0.1) is 5.52 Å². The van der Waals surface area contributed by atoms with Crippen molar-refractivity contribution in [2.75, 3.05) is 5.73 Å². The molecule has 0 spiro atoms. The molecule has 0 unspecified atom stereocenters. The van der Waals surface area contributed by atoms with Gasteiger partial charge in [-0.2, -0.15) is 0 Å². The SMILES string of the molecule is Nc1ccc2c(Br)nc(CCc3ccccc3)n2c1. The van der Waals surface area contributed by atoms with Gasteiger partial charge in [0.15, 0.2) is 0 Å². The zero-order chi connectivity index (χ0) is 13.2. The molecule has 0 atom stereocenters. The highest BCUT2D eigenvalue weighted by Crippen LogP contribution is 2.21. The smallest absolute Gasteiger partial charge is 0.132 e. The molecule has 1 aromatic carbocycles. The number of halogens is 1. The molecular weight excluding hydrogens is 302 g/mol. The molecule has 0 saturated carbocycles. The van der Waals surface area contributed by atoms with Crippen LogP contribution in [0.2, 0.25) is 0 Å². The Bertz CT molecular complexity index is 704. The molecule has 0 saturated heterocycles. The van der Waals surface area contributed by atoms with Crippen LogP contribution in [0.1, 0.15) is 11.4 Å². The molecule has 96 valence electrons. The molecule has 3 nitrogen and oxygen atoms in total. The van der Waals surface area contributed by atoms with E-state index in [4.69, 9.17) is 5.73 Å². The second kappa shape index (κ2) is 5.05. The summed E-state index contributed by atoms with van der Waals surface area (Å²) >= 11 is 3.50. The van der Waals surface area contributed by atoms with E-state index < -0.39 is 0 Å². The van der Waals surface area contributed by atoms with Gasteiger partial charge in [0, 0.05) is 18.3 Å². The molecule has 0 bridgehead atoms. The third-order valence-corrected chi connectivity index (χ3v) is 3.75. The number of imidazole rings is 1. The van der Waals surface area contributed by atoms with Gasteiger partial charge < -0.3 is 10.1 Å². The lowest BCUT2D eigenvalue weighted by atomic mass is 10.1. The first-order valence-electron chi connectivity index (χ1n) is 6.20. The van der Waals surface area contributed by atoms with Gasteiger partial charge in [-0.25, -0.2) is 4.98 Å². The molecule has 2 heterocycles. The Hall–Kier alpha value is -1.81. The lowest BCUT2D eigenvalue weighted by Gasteiger charge is -2.03. The third kappa shape index (κ3) is 2.49. The number of aromatic nitrogens is 2. The minimum absolute atomic E-state index is 0.748. The van der Waals surface area contributed by atoms with Gasteiger partial charge in [-0.05, 0) is 40.0 Å². The van der Waals surface area contributed by atoms with E-state index in [1.54, 1.807) is 0 Å². The van der Waals surface area contributed by atoms with Crippen LogP contribution < -0.4 is 5.73 Å². The highest BCUT2D eigenvalue weighted by molar-refractivity contribution is 9.10. The Balaban J connectivity index is 1.91. The summed E-state index contributed by atoms with van der Waals surface area (Å²) in [5.41, 5.74) is 8.97. The lowest BCUT2D eigenvalue weighted by Crippen LogP contribution is -1.99. The summed E-state index contributed by atoms with van der Waals surface area (Å²) in [5, 5.41) is 0. The molecule has 3 aromatic rings. The van der Waals surface area contributed by atoms with Gasteiger partial charge in [-0.1, -0.05) is 30.3 Å². The van der Waals surface area contributed by atoms with Crippen LogP contribution in [0.4, 0.5) is 5.69 Å². The van der Waals surface area contributed by atoms with Crippen LogP contribution in [0.15, 0.2) is 53.3 Å². The first-order valence-corrected chi connectivity index (χ1v) is 6.99. The van der Waals surface area contributed by atoms with E-state index in [1.165, 1.54) is 5.56 Å². The van der Waals surface area contributed by atoms with Crippen LogP contribution in [0.5, 0.6) is 0 Å². The number of anilines is 1. The molecule has 0 aliphatic carbocycles. The molecule has 2 N–H and O–H groups in total. The van der Waals surface area contributed by atoms with Crippen molar-refractivity contribution >= 4 is 27.1 Å². The Labute approximate surface area is 120 Å². The number of aryl methyl sites for hydroxylation is 2. The Morgan fingerprint density at radius 3 is 2.63 bits per heavy atom. The predicted octanol–water partition coefficient (Wildman–Crippen LogP) is 3.46. The van der Waals surface area contributed by atoms with E-state index in [0.29, 0.717) is 0 Å². The van der Waals surface area contributed by atoms with Gasteiger partial charge in [0.1, 0.15) is 10.4 Å². The van der Waals surface area contributed by atoms with Gasteiger partial charge in [-0.3, -0.25) is 0 Å². The molecule has 0 amide bonds. The fourth-order valence-corrected chi connectivity index (χ4v) is 2.73. The zero-order valence-electron chi connectivity index (χ0n) is 10.4. The van der Waals surface area contributed by atoms with Crippen molar-refractivity contribution in [2.24, 2.45) is 0 Å². The number of rotatable bonds is 3. The quantitative estimate of drug-likeness (QED) is 0.804. The van der Waals surface area contributed by atoms with Crippen LogP contribution in [-0.4, -0.2) is 9.38 Å². The number of benzene rings is 1. The van der Waals surface area contributed by atoms with Crippen molar-refractivity contribution in [3.63, 3.8) is 0 Å². The standard InChI is InChI=1S/C15H14BrN3/c16-15-13-8-7-12(17)10-19(13)14(18-15)9-6-11-4-2-1-3-5-11/h1-5,7-8,10H,6,9,17H2. The molecule has 4 heteroatoms. The number of nitrogens with zero attached hydrogens (tertiary/aromatic N) is 2. The maximum absolute atomic E-state index is 5.85. The molecule has 19 heavy (non-hydrogen) atoms. The average molecular weight is 316 g/mol. The third-order valence-electron chi connectivity index (χ3n) is 3.17. The highest BCUT2D eigenvalue weighted by atomic mass is 79.9. The second-order valence-electron chi connectivity index (χ2n) is 4.52. The van der Waals surface area contributed by atoms with Gasteiger partial charge >= 0.3 is 0 Å². The summed E-state index contributed by atoms with van der Waals surface area (Å²) in [5.74, 6) is 1.03. The lowest BCUT2D eigenvalue weighted by molar-refractivity contribution is 0.853. The minimum atomic E-state index is 0.748. The summed E-state index contributed by atoms with van der Waals surface area (Å²) in [6.07, 6.45) is 3.79. The number of fused-ring (bicyclic) bond motifs is 1. The fourth-order valence-electron chi connectivity index (χ4n) is 2.20. The van der Waals surface area contributed by atoms with Gasteiger partial charge in [0.25, 0.3) is 0 Å². The van der Waals surface area contributed by atoms with Crippen molar-refractivity contribution in [3.05, 3.63) is 64.7 Å². The number of nitrogens with two attached hydrogens (primary N) is 1. The average Bonchev–Trinajstić information content (AvgIpc) is 2.74. The number of hydrogen-bond donors (Lipinski definition) is 1. The predicted molar refractivity (Wildman–Crippen MR) is 81.2 cm³/mol. The van der Waals surface area contributed by atoms with Crippen LogP contribution in [0, 0.1) is 0 Å². The number of nitrogen functional groups attached to an aromatic ring is 1. The summed E-state index contributed by atoms with van der Waals surface area (Å²) in [4.78, 5) is 4.57. The second-order valence-corrected chi connectivity index (χ2v) is 5.27. The minimum Gasteiger partial charge on any atom is -0.398 e. The fraction of sp³-hybridized carbons (Fsp3) is 0.133. The van der Waals surface area contributed by atoms with Crippen LogP contribution in [0.3, 0.4) is 0 Å². The van der Waals surface area contributed by atoms with E-state index in [-0.39, 0.29) is 0 Å². The Morgan fingerprint density at radius 1 is 1.05 bits per heavy atom. The molecule has 0 aliphatic rings. The number of pyridine rings is 1. The first-order chi connectivity index (χ1) is 9.24. The summed E-state index contributed by atoms with van der Waals surface area (Å²) in [6, 6.07) is 14.3. The van der Waals surface area contributed by atoms with E-state index in [2.05, 4.69) is 49.6 Å². The summed E-state index contributed by atoms with van der Waals surface area (Å²) in [7, 11) is 0. The molecule has 0 radical (unpaired) electrons. The zero-order valence-corrected chi connectivity index (χ0v) is 12.0. The van der Waals surface area contributed by atoms with E-state index in [1.807, 2.05) is 24.4 Å². The molecule has 0 aliphatic heterocycles. The van der Waals surface area contributed by atoms with Crippen LogP contribution in [0.25, 0.3) is 5.52 Å². The first kappa shape index (κ1) is 12.2. The monoisotopic (exact) mass is 315 g/mol. The maximum Gasteiger partial charge on any atom is 0.132 e.